The van der Waals surface area contributed by atoms with Crippen LogP contribution in [0.15, 0.2) is 119 Å². The molecular weight excluding hydrogens is 745 g/mol. The van der Waals surface area contributed by atoms with Crippen LogP contribution in [0.3, 0.4) is 0 Å². The van der Waals surface area contributed by atoms with Crippen LogP contribution in [0.25, 0.3) is 21.5 Å². The van der Waals surface area contributed by atoms with Gasteiger partial charge in [0.05, 0.1) is 11.4 Å². The van der Waals surface area contributed by atoms with Crippen molar-refractivity contribution in [3.8, 4) is 11.5 Å². The maximum absolute atomic E-state index is 13.0. The summed E-state index contributed by atoms with van der Waals surface area (Å²) in [6, 6.07) is 24.6. The van der Waals surface area contributed by atoms with Crippen molar-refractivity contribution < 1.29 is 55.3 Å². The van der Waals surface area contributed by atoms with Crippen LogP contribution >= 0.6 is 0 Å². The summed E-state index contributed by atoms with van der Waals surface area (Å²) in [6.07, 6.45) is 0. The first-order chi connectivity index (χ1) is 25.5. The van der Waals surface area contributed by atoms with Gasteiger partial charge in [-0.05, 0) is 83.6 Å². The van der Waals surface area contributed by atoms with Crippen molar-refractivity contribution in [2.45, 2.75) is 9.79 Å². The topological polar surface area (TPSA) is 266 Å². The molecule has 0 aliphatic heterocycles. The Bertz CT molecular complexity index is 2560. The van der Waals surface area contributed by atoms with E-state index in [-0.39, 0.29) is 44.6 Å². The Hall–Kier alpha value is -6.86. The molecule has 6 rings (SSSR count). The van der Waals surface area contributed by atoms with Gasteiger partial charge in [0.25, 0.3) is 32.1 Å². The number of phenolic OH excluding ortho intramolecular Hbond substituents is 2. The number of amides is 4. The summed E-state index contributed by atoms with van der Waals surface area (Å²) in [6.45, 7) is 0. The summed E-state index contributed by atoms with van der Waals surface area (Å²) >= 11 is 0. The minimum Gasteiger partial charge on any atom is -0.506 e. The smallest absolute Gasteiger partial charge is 0.314 e. The summed E-state index contributed by atoms with van der Waals surface area (Å²) < 4.78 is 65.5. The molecule has 0 unspecified atom stereocenters. The molecule has 0 bridgehead atoms. The minimum atomic E-state index is -4.75. The molecule has 0 saturated carbocycles. The first-order valence-corrected chi connectivity index (χ1v) is 18.3. The van der Waals surface area contributed by atoms with Crippen molar-refractivity contribution in [2.24, 2.45) is 0 Å². The molecule has 0 saturated heterocycles. The first kappa shape index (κ1) is 36.9. The van der Waals surface area contributed by atoms with Gasteiger partial charge in [0.15, 0.2) is 0 Å². The van der Waals surface area contributed by atoms with Gasteiger partial charge >= 0.3 is 11.8 Å². The molecule has 0 radical (unpaired) electrons. The number of hydrogen-bond acceptors (Lipinski definition) is 10. The maximum Gasteiger partial charge on any atom is 0.314 e. The number of fused-ring (bicyclic) bond motifs is 2. The number of carbonyl (C=O) groups is 4. The molecule has 6 aromatic rings. The van der Waals surface area contributed by atoms with E-state index in [4.69, 9.17) is 0 Å². The van der Waals surface area contributed by atoms with E-state index < -0.39 is 65.2 Å². The fourth-order valence-electron chi connectivity index (χ4n) is 5.48. The van der Waals surface area contributed by atoms with Crippen LogP contribution in [0, 0.1) is 0 Å². The van der Waals surface area contributed by atoms with Crippen molar-refractivity contribution in [1.82, 2.24) is 0 Å². The minimum absolute atomic E-state index is 0.0185. The Morgan fingerprint density at radius 3 is 1.13 bits per heavy atom. The van der Waals surface area contributed by atoms with Crippen molar-refractivity contribution >= 4 is 88.2 Å². The standard InChI is InChI=1S/C36H26N4O12S2/c41-31-27(53(47,48)49)17-11-19-3-1-5-25(29(19)31)39-33(43)21-7-13-23(14-8-21)37-35(45)36(46)38-24-15-9-22(10-16-24)34(44)40-26-6-2-4-20-12-18-28(54(50,51)52)32(42)30(20)26/h1-18,41-42H,(H,37,45)(H,38,46)(H,39,43)(H,40,44)(H,47,48,49)(H,50,51,52). The molecule has 54 heavy (non-hydrogen) atoms. The Morgan fingerprint density at radius 1 is 0.444 bits per heavy atom. The molecule has 18 heteroatoms. The second kappa shape index (κ2) is 14.3. The van der Waals surface area contributed by atoms with Gasteiger partial charge in [-0.1, -0.05) is 36.4 Å². The average molecular weight is 771 g/mol. The Labute approximate surface area is 305 Å². The predicted molar refractivity (Wildman–Crippen MR) is 197 cm³/mol. The number of benzene rings is 6. The fourth-order valence-corrected chi connectivity index (χ4v) is 6.65. The highest BCUT2D eigenvalue weighted by molar-refractivity contribution is 7.86. The lowest BCUT2D eigenvalue weighted by molar-refractivity contribution is -0.132. The predicted octanol–water partition coefficient (Wildman–Crippen LogP) is 4.98. The molecule has 0 spiro atoms. The van der Waals surface area contributed by atoms with Gasteiger partial charge in [0.2, 0.25) is 0 Å². The highest BCUT2D eigenvalue weighted by Gasteiger charge is 2.22. The number of phenols is 2. The van der Waals surface area contributed by atoms with E-state index in [9.17, 15) is 55.3 Å². The molecule has 8 N–H and O–H groups in total. The third-order valence-electron chi connectivity index (χ3n) is 8.03. The fraction of sp³-hybridized carbons (Fsp3) is 0. The van der Waals surface area contributed by atoms with Gasteiger partial charge < -0.3 is 31.5 Å². The van der Waals surface area contributed by atoms with Gasteiger partial charge in [0.1, 0.15) is 21.3 Å². The van der Waals surface area contributed by atoms with E-state index in [0.717, 1.165) is 12.1 Å². The quantitative estimate of drug-likeness (QED) is 0.0753. The molecule has 0 fully saturated rings. The summed E-state index contributed by atoms with van der Waals surface area (Å²) in [4.78, 5) is 49.7. The number of aromatic hydroxyl groups is 2. The third kappa shape index (κ3) is 7.66. The molecule has 6 aromatic carbocycles. The van der Waals surface area contributed by atoms with Crippen molar-refractivity contribution in [1.29, 1.82) is 0 Å². The molecule has 274 valence electrons. The zero-order chi connectivity index (χ0) is 38.9. The molecule has 16 nitrogen and oxygen atoms in total. The van der Waals surface area contributed by atoms with Crippen LogP contribution in [0.5, 0.6) is 11.5 Å². The van der Waals surface area contributed by atoms with E-state index in [1.807, 2.05) is 0 Å². The average Bonchev–Trinajstić information content (AvgIpc) is 3.11. The lowest BCUT2D eigenvalue weighted by atomic mass is 10.1. The summed E-state index contributed by atoms with van der Waals surface area (Å²) in [5.41, 5.74) is 0.633. The lowest BCUT2D eigenvalue weighted by Crippen LogP contribution is -2.29. The number of hydrogen-bond donors (Lipinski definition) is 8. The first-order valence-electron chi connectivity index (χ1n) is 15.4. The van der Waals surface area contributed by atoms with Crippen molar-refractivity contribution in [3.63, 3.8) is 0 Å². The van der Waals surface area contributed by atoms with Gasteiger partial charge in [-0.3, -0.25) is 28.3 Å². The van der Waals surface area contributed by atoms with E-state index in [1.165, 1.54) is 72.8 Å². The number of nitrogens with one attached hydrogen (secondary N) is 4. The SMILES string of the molecule is O=C(Nc1ccc(C(=O)Nc2cccc3ccc(S(=O)(=O)O)c(O)c23)cc1)C(=O)Nc1ccc(C(=O)Nc2cccc3ccc(S(=O)(=O)O)c(O)c23)cc1. The van der Waals surface area contributed by atoms with Crippen LogP contribution in [-0.4, -0.2) is 59.8 Å². The van der Waals surface area contributed by atoms with E-state index in [0.29, 0.717) is 10.8 Å². The van der Waals surface area contributed by atoms with Gasteiger partial charge in [0, 0.05) is 33.3 Å². The van der Waals surface area contributed by atoms with E-state index in [1.54, 1.807) is 24.3 Å². The summed E-state index contributed by atoms with van der Waals surface area (Å²) in [5, 5.41) is 31.7. The highest BCUT2D eigenvalue weighted by atomic mass is 32.2. The van der Waals surface area contributed by atoms with Crippen LogP contribution in [-0.2, 0) is 29.8 Å². The Balaban J connectivity index is 1.07. The van der Waals surface area contributed by atoms with Crippen molar-refractivity contribution in [3.05, 3.63) is 120 Å². The molecule has 4 amide bonds. The zero-order valence-corrected chi connectivity index (χ0v) is 28.9. The van der Waals surface area contributed by atoms with Crippen LogP contribution < -0.4 is 21.3 Å². The van der Waals surface area contributed by atoms with Gasteiger partial charge in [-0.15, -0.1) is 0 Å². The molecule has 0 aromatic heterocycles. The second-order valence-corrected chi connectivity index (χ2v) is 14.3. The monoisotopic (exact) mass is 770 g/mol. The Morgan fingerprint density at radius 2 is 0.796 bits per heavy atom. The van der Waals surface area contributed by atoms with Crippen LogP contribution in [0.4, 0.5) is 22.7 Å². The lowest BCUT2D eigenvalue weighted by Gasteiger charge is -2.13. The van der Waals surface area contributed by atoms with Crippen LogP contribution in [0.2, 0.25) is 0 Å². The second-order valence-electron chi connectivity index (χ2n) is 11.6. The van der Waals surface area contributed by atoms with Gasteiger partial charge in [-0.2, -0.15) is 16.8 Å². The molecule has 0 aliphatic rings. The molecular formula is C36H26N4O12S2. The highest BCUT2D eigenvalue weighted by Crippen LogP contribution is 2.38. The van der Waals surface area contributed by atoms with E-state index in [2.05, 4.69) is 21.3 Å². The molecule has 0 atom stereocenters. The van der Waals surface area contributed by atoms with Gasteiger partial charge in [-0.25, -0.2) is 0 Å². The molecule has 0 aliphatic carbocycles. The number of anilines is 4. The number of rotatable bonds is 8. The largest absolute Gasteiger partial charge is 0.506 e. The molecule has 0 heterocycles. The summed E-state index contributed by atoms with van der Waals surface area (Å²) in [5.74, 6) is -4.93. The summed E-state index contributed by atoms with van der Waals surface area (Å²) in [7, 11) is -9.51. The zero-order valence-electron chi connectivity index (χ0n) is 27.3. The van der Waals surface area contributed by atoms with Crippen LogP contribution in [0.1, 0.15) is 20.7 Å². The van der Waals surface area contributed by atoms with Crippen molar-refractivity contribution in [2.75, 3.05) is 21.3 Å². The maximum atomic E-state index is 13.0. The third-order valence-corrected chi connectivity index (χ3v) is 9.80. The Kier molecular flexibility index (Phi) is 9.76. The number of carbonyl (C=O) groups excluding carboxylic acids is 4. The van der Waals surface area contributed by atoms with E-state index >= 15 is 0 Å². The normalized spacial score (nSPS) is 11.5.